The zero-order valence-electron chi connectivity index (χ0n) is 13.6. The van der Waals surface area contributed by atoms with Crippen LogP contribution in [0.15, 0.2) is 24.3 Å². The van der Waals surface area contributed by atoms with E-state index in [-0.39, 0.29) is 12.0 Å². The molecule has 1 unspecified atom stereocenters. The summed E-state index contributed by atoms with van der Waals surface area (Å²) in [6.45, 7) is 2.28. The molecule has 1 fully saturated rings. The molecule has 1 heterocycles. The van der Waals surface area contributed by atoms with Crippen molar-refractivity contribution in [2.24, 2.45) is 5.73 Å². The number of hydrogen-bond donors (Lipinski definition) is 2. The predicted octanol–water partition coefficient (Wildman–Crippen LogP) is 3.17. The summed E-state index contributed by atoms with van der Waals surface area (Å²) in [5.74, 6) is -0.290. The van der Waals surface area contributed by atoms with Crippen LogP contribution in [-0.2, 0) is 15.7 Å². The minimum Gasteiger partial charge on any atom is -0.364 e. The van der Waals surface area contributed by atoms with E-state index in [2.05, 4.69) is 5.32 Å². The zero-order chi connectivity index (χ0) is 17.7. The highest BCUT2D eigenvalue weighted by Crippen LogP contribution is 2.31. The second kappa shape index (κ2) is 7.98. The van der Waals surface area contributed by atoms with Crippen molar-refractivity contribution in [1.82, 2.24) is 5.32 Å². The highest BCUT2D eigenvalue weighted by molar-refractivity contribution is 5.81. The fourth-order valence-corrected chi connectivity index (χ4v) is 2.88. The van der Waals surface area contributed by atoms with Crippen LogP contribution < -0.4 is 11.1 Å². The summed E-state index contributed by atoms with van der Waals surface area (Å²) in [7, 11) is 0. The van der Waals surface area contributed by atoms with Gasteiger partial charge in [-0.25, -0.2) is 0 Å². The van der Waals surface area contributed by atoms with Crippen LogP contribution in [0.2, 0.25) is 0 Å². The number of alkyl halides is 3. The third kappa shape index (κ3) is 4.70. The molecule has 2 rings (SSSR count). The van der Waals surface area contributed by atoms with Crippen LogP contribution in [0, 0.1) is 0 Å². The summed E-state index contributed by atoms with van der Waals surface area (Å²) in [6, 6.07) is 4.63. The maximum atomic E-state index is 12.9. The van der Waals surface area contributed by atoms with Crippen LogP contribution in [0.4, 0.5) is 13.2 Å². The van der Waals surface area contributed by atoms with E-state index in [4.69, 9.17) is 10.5 Å². The number of halogens is 3. The van der Waals surface area contributed by atoms with Gasteiger partial charge in [0.2, 0.25) is 5.91 Å². The molecule has 24 heavy (non-hydrogen) atoms. The Kier molecular flexibility index (Phi) is 6.23. The number of rotatable bonds is 6. The average Bonchev–Trinajstić information content (AvgIpc) is 3.03. The van der Waals surface area contributed by atoms with E-state index in [1.54, 1.807) is 6.07 Å². The van der Waals surface area contributed by atoms with Gasteiger partial charge in [-0.2, -0.15) is 13.2 Å². The Bertz CT molecular complexity index is 563. The molecule has 0 radical (unpaired) electrons. The highest BCUT2D eigenvalue weighted by atomic mass is 19.4. The number of carbonyl (C=O) groups excluding carboxylic acids is 1. The van der Waals surface area contributed by atoms with E-state index in [1.165, 1.54) is 6.07 Å². The maximum Gasteiger partial charge on any atom is 0.416 e. The quantitative estimate of drug-likeness (QED) is 0.833. The summed E-state index contributed by atoms with van der Waals surface area (Å²) in [5, 5.41) is 2.83. The predicted molar refractivity (Wildman–Crippen MR) is 84.2 cm³/mol. The molecule has 0 bridgehead atoms. The second-order valence-electron chi connectivity index (χ2n) is 6.03. The molecule has 1 saturated heterocycles. The molecule has 134 valence electrons. The minimum absolute atomic E-state index is 0.126. The number of hydrogen-bond acceptors (Lipinski definition) is 3. The molecular weight excluding hydrogens is 321 g/mol. The number of carbonyl (C=O) groups is 1. The van der Waals surface area contributed by atoms with Crippen molar-refractivity contribution in [3.05, 3.63) is 35.4 Å². The van der Waals surface area contributed by atoms with Gasteiger partial charge in [0.15, 0.2) is 0 Å². The van der Waals surface area contributed by atoms with Crippen molar-refractivity contribution in [3.63, 3.8) is 0 Å². The standard InChI is InChI=1S/C17H23F3N2O2/c1-2-4-14(11-5-3-6-12(9-11)17(18,19)20)22-16(23)15-8-7-13(10-21)24-15/h3,5-6,9,13-15H,2,4,7-8,10,21H2,1H3,(H,22,23)/t13-,14?,15+/m1/s1. The summed E-state index contributed by atoms with van der Waals surface area (Å²) < 4.78 is 44.2. The summed E-state index contributed by atoms with van der Waals surface area (Å²) in [4.78, 5) is 12.3. The second-order valence-corrected chi connectivity index (χ2v) is 6.03. The third-order valence-corrected chi connectivity index (χ3v) is 4.17. The van der Waals surface area contributed by atoms with Gasteiger partial charge in [0.25, 0.3) is 0 Å². The molecule has 7 heteroatoms. The smallest absolute Gasteiger partial charge is 0.364 e. The van der Waals surface area contributed by atoms with Gasteiger partial charge in [-0.05, 0) is 37.0 Å². The van der Waals surface area contributed by atoms with Gasteiger partial charge in [-0.15, -0.1) is 0 Å². The van der Waals surface area contributed by atoms with Crippen molar-refractivity contribution < 1.29 is 22.7 Å². The van der Waals surface area contributed by atoms with Gasteiger partial charge in [0, 0.05) is 6.54 Å². The molecule has 0 aliphatic carbocycles. The van der Waals surface area contributed by atoms with Gasteiger partial charge < -0.3 is 15.8 Å². The molecule has 4 nitrogen and oxygen atoms in total. The van der Waals surface area contributed by atoms with Crippen molar-refractivity contribution >= 4 is 5.91 Å². The van der Waals surface area contributed by atoms with Crippen LogP contribution >= 0.6 is 0 Å². The van der Waals surface area contributed by atoms with Gasteiger partial charge in [-0.3, -0.25) is 4.79 Å². The molecule has 3 atom stereocenters. The molecule has 1 aliphatic rings. The van der Waals surface area contributed by atoms with E-state index in [1.807, 2.05) is 6.92 Å². The lowest BCUT2D eigenvalue weighted by Gasteiger charge is -2.22. The van der Waals surface area contributed by atoms with Crippen LogP contribution in [0.5, 0.6) is 0 Å². The molecule has 1 aromatic rings. The molecule has 3 N–H and O–H groups in total. The molecular formula is C17H23F3N2O2. The molecule has 0 saturated carbocycles. The SMILES string of the molecule is CCCC(NC(=O)[C@@H]1CC[C@H](CN)O1)c1cccc(C(F)(F)F)c1. The Morgan fingerprint density at radius 3 is 2.75 bits per heavy atom. The van der Waals surface area contributed by atoms with E-state index < -0.39 is 23.9 Å². The van der Waals surface area contributed by atoms with E-state index in [0.29, 0.717) is 24.9 Å². The minimum atomic E-state index is -4.40. The first-order chi connectivity index (χ1) is 11.3. The lowest BCUT2D eigenvalue weighted by Crippen LogP contribution is -2.38. The first kappa shape index (κ1) is 18.7. The van der Waals surface area contributed by atoms with Gasteiger partial charge in [0.05, 0.1) is 17.7 Å². The lowest BCUT2D eigenvalue weighted by molar-refractivity contribution is -0.137. The summed E-state index contributed by atoms with van der Waals surface area (Å²) in [5.41, 5.74) is 5.27. The first-order valence-corrected chi connectivity index (χ1v) is 8.18. The molecule has 0 spiro atoms. The van der Waals surface area contributed by atoms with Crippen molar-refractivity contribution in [1.29, 1.82) is 0 Å². The highest BCUT2D eigenvalue weighted by Gasteiger charge is 2.33. The molecule has 0 aromatic heterocycles. The van der Waals surface area contributed by atoms with Crippen LogP contribution in [0.25, 0.3) is 0 Å². The third-order valence-electron chi connectivity index (χ3n) is 4.17. The van der Waals surface area contributed by atoms with Crippen LogP contribution in [-0.4, -0.2) is 24.7 Å². The monoisotopic (exact) mass is 344 g/mol. The summed E-state index contributed by atoms with van der Waals surface area (Å²) >= 11 is 0. The molecule has 1 aromatic carbocycles. The van der Waals surface area contributed by atoms with E-state index >= 15 is 0 Å². The van der Waals surface area contributed by atoms with Gasteiger partial charge in [0.1, 0.15) is 6.10 Å². The Morgan fingerprint density at radius 2 is 2.17 bits per heavy atom. The Labute approximate surface area is 139 Å². The van der Waals surface area contributed by atoms with Crippen molar-refractivity contribution in [3.8, 4) is 0 Å². The topological polar surface area (TPSA) is 64.4 Å². The number of benzene rings is 1. The number of ether oxygens (including phenoxy) is 1. The summed E-state index contributed by atoms with van der Waals surface area (Å²) in [6.07, 6.45) is -2.52. The van der Waals surface area contributed by atoms with Crippen LogP contribution in [0.3, 0.4) is 0 Å². The number of nitrogens with one attached hydrogen (secondary N) is 1. The average molecular weight is 344 g/mol. The molecule has 1 aliphatic heterocycles. The Hall–Kier alpha value is -1.60. The first-order valence-electron chi connectivity index (χ1n) is 8.18. The largest absolute Gasteiger partial charge is 0.416 e. The number of amides is 1. The maximum absolute atomic E-state index is 12.9. The van der Waals surface area contributed by atoms with Crippen molar-refractivity contribution in [2.45, 2.75) is 57.0 Å². The normalized spacial score (nSPS) is 22.4. The van der Waals surface area contributed by atoms with Gasteiger partial charge in [-0.1, -0.05) is 25.5 Å². The van der Waals surface area contributed by atoms with Gasteiger partial charge >= 0.3 is 6.18 Å². The Balaban J connectivity index is 2.10. The zero-order valence-corrected chi connectivity index (χ0v) is 13.6. The lowest BCUT2D eigenvalue weighted by atomic mass is 9.99. The van der Waals surface area contributed by atoms with Crippen molar-refractivity contribution in [2.75, 3.05) is 6.54 Å². The van der Waals surface area contributed by atoms with E-state index in [0.717, 1.165) is 25.0 Å². The Morgan fingerprint density at radius 1 is 1.42 bits per heavy atom. The van der Waals surface area contributed by atoms with E-state index in [9.17, 15) is 18.0 Å². The fourth-order valence-electron chi connectivity index (χ4n) is 2.88. The fraction of sp³-hybridized carbons (Fsp3) is 0.588. The molecule has 1 amide bonds. The van der Waals surface area contributed by atoms with Crippen LogP contribution in [0.1, 0.15) is 49.8 Å². The number of nitrogens with two attached hydrogens (primary N) is 1.